The number of nitrogens with zero attached hydrogens (tertiary/aromatic N) is 2. The molecule has 2 N–H and O–H groups in total. The summed E-state index contributed by atoms with van der Waals surface area (Å²) in [7, 11) is -2.14. The van der Waals surface area contributed by atoms with Crippen molar-refractivity contribution in [2.75, 3.05) is 7.11 Å². The average Bonchev–Trinajstić information content (AvgIpc) is 3.18. The van der Waals surface area contributed by atoms with Crippen LogP contribution in [-0.4, -0.2) is 37.5 Å². The molecule has 0 unspecified atom stereocenters. The predicted octanol–water partition coefficient (Wildman–Crippen LogP) is 5.43. The molecule has 0 atom stereocenters. The molecule has 1 aliphatic carbocycles. The Labute approximate surface area is 215 Å². The van der Waals surface area contributed by atoms with Crippen LogP contribution in [0, 0.1) is 0 Å². The molecule has 1 saturated heterocycles. The van der Waals surface area contributed by atoms with Gasteiger partial charge in [-0.05, 0) is 72.0 Å². The average molecular weight is 522 g/mol. The minimum absolute atomic E-state index is 0.0257. The Morgan fingerprint density at radius 3 is 2.36 bits per heavy atom. The number of amides is 1. The summed E-state index contributed by atoms with van der Waals surface area (Å²) in [5, 5.41) is 7.82. The molecule has 186 valence electrons. The molecular weight excluding hydrogens is 494 g/mol. The molecular formula is C27H27N3O4S2. The molecule has 0 spiro atoms. The first-order chi connectivity index (χ1) is 17.3. The lowest BCUT2D eigenvalue weighted by molar-refractivity contribution is -0.124. The van der Waals surface area contributed by atoms with Crippen LogP contribution in [0.4, 0.5) is 5.69 Å². The Morgan fingerprint density at radius 2 is 1.69 bits per heavy atom. The summed E-state index contributed by atoms with van der Waals surface area (Å²) in [5.41, 5.74) is 1.50. The van der Waals surface area contributed by atoms with Crippen LogP contribution in [0.25, 0.3) is 16.8 Å². The quantitative estimate of drug-likeness (QED) is 0.451. The summed E-state index contributed by atoms with van der Waals surface area (Å²) >= 11 is 1.35. The number of benzene rings is 3. The number of fused-ring (bicyclic) bond motifs is 1. The van der Waals surface area contributed by atoms with Gasteiger partial charge in [-0.3, -0.25) is 9.69 Å². The van der Waals surface area contributed by atoms with Crippen LogP contribution in [0.15, 0.2) is 75.5 Å². The lowest BCUT2D eigenvalue weighted by Gasteiger charge is -2.30. The minimum atomic E-state index is -3.79. The van der Waals surface area contributed by atoms with Gasteiger partial charge in [0.15, 0.2) is 5.17 Å². The van der Waals surface area contributed by atoms with E-state index in [2.05, 4.69) is 0 Å². The number of methoxy groups -OCH3 is 1. The maximum absolute atomic E-state index is 13.7. The van der Waals surface area contributed by atoms with E-state index in [4.69, 9.17) is 14.9 Å². The lowest BCUT2D eigenvalue weighted by Crippen LogP contribution is -2.40. The second-order valence-corrected chi connectivity index (χ2v) is 11.5. The molecule has 3 aromatic rings. The van der Waals surface area contributed by atoms with Crippen LogP contribution in [0.3, 0.4) is 0 Å². The van der Waals surface area contributed by atoms with E-state index >= 15 is 0 Å². The van der Waals surface area contributed by atoms with Crippen molar-refractivity contribution in [2.24, 2.45) is 10.1 Å². The van der Waals surface area contributed by atoms with Gasteiger partial charge in [0.25, 0.3) is 5.91 Å². The van der Waals surface area contributed by atoms with Gasteiger partial charge in [-0.25, -0.2) is 18.5 Å². The predicted molar refractivity (Wildman–Crippen MR) is 145 cm³/mol. The number of sulfonamides is 1. The Kier molecular flexibility index (Phi) is 6.87. The van der Waals surface area contributed by atoms with Crippen molar-refractivity contribution in [3.8, 4) is 5.75 Å². The zero-order valence-electron chi connectivity index (χ0n) is 19.9. The van der Waals surface area contributed by atoms with E-state index in [1.807, 2.05) is 47.4 Å². The van der Waals surface area contributed by atoms with E-state index in [1.165, 1.54) is 30.3 Å². The van der Waals surface area contributed by atoms with Crippen LogP contribution in [0.1, 0.15) is 37.7 Å². The van der Waals surface area contributed by atoms with Gasteiger partial charge in [0.05, 0.1) is 22.6 Å². The van der Waals surface area contributed by atoms with E-state index in [0.717, 1.165) is 47.8 Å². The molecule has 2 fully saturated rings. The summed E-state index contributed by atoms with van der Waals surface area (Å²) in [5.74, 6) is 0.735. The maximum atomic E-state index is 13.7. The molecule has 0 radical (unpaired) electrons. The second-order valence-electron chi connectivity index (χ2n) is 8.91. The molecule has 36 heavy (non-hydrogen) atoms. The number of nitrogens with two attached hydrogens (primary N) is 1. The second kappa shape index (κ2) is 10.1. The summed E-state index contributed by atoms with van der Waals surface area (Å²) in [6.07, 6.45) is 7.14. The molecule has 9 heteroatoms. The van der Waals surface area contributed by atoms with Gasteiger partial charge in [-0.15, -0.1) is 0 Å². The van der Waals surface area contributed by atoms with Crippen LogP contribution >= 0.6 is 11.8 Å². The molecule has 0 aromatic heterocycles. The summed E-state index contributed by atoms with van der Waals surface area (Å²) in [6.45, 7) is 0. The Morgan fingerprint density at radius 1 is 1.00 bits per heavy atom. The fourth-order valence-corrected chi connectivity index (χ4v) is 6.35. The third kappa shape index (κ3) is 4.91. The fourth-order valence-electron chi connectivity index (χ4n) is 4.79. The van der Waals surface area contributed by atoms with Crippen molar-refractivity contribution in [3.05, 3.63) is 71.1 Å². The van der Waals surface area contributed by atoms with Crippen LogP contribution < -0.4 is 9.88 Å². The number of aliphatic imine (C=N–C) groups is 1. The number of ether oxygens (including phenoxy) is 1. The highest BCUT2D eigenvalue weighted by molar-refractivity contribution is 8.18. The minimum Gasteiger partial charge on any atom is -0.496 e. The first-order valence-electron chi connectivity index (χ1n) is 11.9. The van der Waals surface area contributed by atoms with Crippen LogP contribution in [0.5, 0.6) is 5.75 Å². The van der Waals surface area contributed by atoms with E-state index in [0.29, 0.717) is 15.8 Å². The topological polar surface area (TPSA) is 102 Å². The van der Waals surface area contributed by atoms with Crippen LogP contribution in [0.2, 0.25) is 0 Å². The normalized spacial score (nSPS) is 19.5. The number of amidine groups is 1. The van der Waals surface area contributed by atoms with Crippen molar-refractivity contribution in [3.63, 3.8) is 0 Å². The van der Waals surface area contributed by atoms with E-state index in [1.54, 1.807) is 19.2 Å². The molecule has 1 heterocycles. The highest BCUT2D eigenvalue weighted by Crippen LogP contribution is 2.40. The van der Waals surface area contributed by atoms with E-state index in [9.17, 15) is 13.2 Å². The smallest absolute Gasteiger partial charge is 0.267 e. The van der Waals surface area contributed by atoms with Crippen LogP contribution in [-0.2, 0) is 14.8 Å². The van der Waals surface area contributed by atoms with Crippen molar-refractivity contribution in [1.82, 2.24) is 4.90 Å². The number of thioether (sulfide) groups is 1. The largest absolute Gasteiger partial charge is 0.496 e. The van der Waals surface area contributed by atoms with Crippen molar-refractivity contribution in [1.29, 1.82) is 0 Å². The standard InChI is InChI=1S/C27H27N3O4S2/c1-34-24-16-11-18(22-9-5-6-10-23(22)24)17-25-26(31)30(20-7-3-2-4-8-20)27(35-25)29-19-12-14-21(15-13-19)36(28,32)33/h5-6,9-17,20H,2-4,7-8H2,1H3,(H2,28,32,33). The SMILES string of the molecule is COc1ccc(C=C2SC(=Nc3ccc(S(N)(=O)=O)cc3)N(C3CCCCC3)C2=O)c2ccccc12. The van der Waals surface area contributed by atoms with Crippen molar-refractivity contribution >= 4 is 55.4 Å². The Bertz CT molecular complexity index is 1470. The third-order valence-corrected chi connectivity index (χ3v) is 8.50. The molecule has 1 amide bonds. The number of primary sulfonamides is 1. The zero-order valence-corrected chi connectivity index (χ0v) is 21.5. The molecule has 7 nitrogen and oxygen atoms in total. The molecule has 0 bridgehead atoms. The summed E-state index contributed by atoms with van der Waals surface area (Å²) in [6, 6.07) is 18.0. The lowest BCUT2D eigenvalue weighted by atomic mass is 9.94. The van der Waals surface area contributed by atoms with Gasteiger partial charge < -0.3 is 4.74 Å². The number of carbonyl (C=O) groups is 1. The number of hydrogen-bond donors (Lipinski definition) is 1. The van der Waals surface area contributed by atoms with E-state index < -0.39 is 10.0 Å². The molecule has 5 rings (SSSR count). The van der Waals surface area contributed by atoms with Crippen molar-refractivity contribution < 1.29 is 17.9 Å². The number of carbonyl (C=O) groups excluding carboxylic acids is 1. The zero-order chi connectivity index (χ0) is 25.3. The fraction of sp³-hybridized carbons (Fsp3) is 0.259. The molecule has 3 aromatic carbocycles. The van der Waals surface area contributed by atoms with Gasteiger partial charge >= 0.3 is 0 Å². The first-order valence-corrected chi connectivity index (χ1v) is 14.2. The molecule has 1 saturated carbocycles. The van der Waals surface area contributed by atoms with Gasteiger partial charge in [0.1, 0.15) is 5.75 Å². The third-order valence-electron chi connectivity index (χ3n) is 6.59. The van der Waals surface area contributed by atoms with Gasteiger partial charge in [0, 0.05) is 11.4 Å². The monoisotopic (exact) mass is 521 g/mol. The van der Waals surface area contributed by atoms with E-state index in [-0.39, 0.29) is 16.8 Å². The molecule has 2 aliphatic rings. The molecule has 1 aliphatic heterocycles. The number of rotatable bonds is 5. The van der Waals surface area contributed by atoms with Gasteiger partial charge in [0.2, 0.25) is 10.0 Å². The highest BCUT2D eigenvalue weighted by atomic mass is 32.2. The van der Waals surface area contributed by atoms with Crippen molar-refractivity contribution in [2.45, 2.75) is 43.0 Å². The Balaban J connectivity index is 1.55. The van der Waals surface area contributed by atoms with Gasteiger partial charge in [-0.1, -0.05) is 49.6 Å². The highest BCUT2D eigenvalue weighted by Gasteiger charge is 2.38. The maximum Gasteiger partial charge on any atom is 0.267 e. The first kappa shape index (κ1) is 24.5. The summed E-state index contributed by atoms with van der Waals surface area (Å²) in [4.78, 5) is 20.9. The Hall–Kier alpha value is -3.14. The van der Waals surface area contributed by atoms with Gasteiger partial charge in [-0.2, -0.15) is 0 Å². The summed E-state index contributed by atoms with van der Waals surface area (Å²) < 4.78 is 28.7. The number of hydrogen-bond acceptors (Lipinski definition) is 6.